The Morgan fingerprint density at radius 2 is 1.61 bits per heavy atom. The van der Waals surface area contributed by atoms with E-state index in [1.165, 1.54) is 0 Å². The minimum Gasteiger partial charge on any atom is -0.267 e. The standard InChI is InChI=1S/C20H16N2O/c23-20(19-14-6-12-17-11-4-5-13-18(17)19)22-21-15-7-10-16-8-2-1-3-9-16/h1-15H,(H,22,23)/b10-7+,21-15+. The minimum absolute atomic E-state index is 0.217. The Morgan fingerprint density at radius 3 is 2.48 bits per heavy atom. The van der Waals surface area contributed by atoms with E-state index in [1.54, 1.807) is 18.4 Å². The maximum absolute atomic E-state index is 12.2. The molecule has 3 aromatic rings. The molecule has 0 bridgehead atoms. The molecule has 0 aliphatic rings. The Bertz CT molecular complexity index is 862. The van der Waals surface area contributed by atoms with Crippen LogP contribution in [0.15, 0.2) is 84.0 Å². The van der Waals surface area contributed by atoms with Gasteiger partial charge in [-0.25, -0.2) is 5.43 Å². The summed E-state index contributed by atoms with van der Waals surface area (Å²) in [6, 6.07) is 23.4. The van der Waals surface area contributed by atoms with Gasteiger partial charge < -0.3 is 0 Å². The number of allylic oxidation sites excluding steroid dienone is 1. The van der Waals surface area contributed by atoms with Crippen LogP contribution in [0.4, 0.5) is 0 Å². The van der Waals surface area contributed by atoms with Crippen molar-refractivity contribution in [1.82, 2.24) is 5.43 Å². The van der Waals surface area contributed by atoms with Crippen molar-refractivity contribution >= 4 is 29.0 Å². The number of hydrogen-bond acceptors (Lipinski definition) is 2. The number of amides is 1. The SMILES string of the molecule is O=C(N/N=C/C=C/c1ccccc1)c1cccc2ccccc12. The third kappa shape index (κ3) is 3.71. The van der Waals surface area contributed by atoms with E-state index >= 15 is 0 Å². The second-order valence-corrected chi connectivity index (χ2v) is 5.02. The lowest BCUT2D eigenvalue weighted by Crippen LogP contribution is -2.17. The first-order chi connectivity index (χ1) is 11.3. The molecule has 0 aliphatic heterocycles. The molecule has 3 nitrogen and oxygen atoms in total. The maximum Gasteiger partial charge on any atom is 0.271 e. The van der Waals surface area contributed by atoms with Crippen molar-refractivity contribution in [2.45, 2.75) is 0 Å². The highest BCUT2D eigenvalue weighted by Crippen LogP contribution is 2.18. The fourth-order valence-corrected chi connectivity index (χ4v) is 2.34. The molecule has 0 atom stereocenters. The van der Waals surface area contributed by atoms with Gasteiger partial charge in [-0.05, 0) is 28.5 Å². The zero-order chi connectivity index (χ0) is 15.9. The van der Waals surface area contributed by atoms with Gasteiger partial charge in [-0.15, -0.1) is 0 Å². The molecule has 23 heavy (non-hydrogen) atoms. The molecule has 0 saturated heterocycles. The van der Waals surface area contributed by atoms with Crippen LogP contribution in [0.5, 0.6) is 0 Å². The van der Waals surface area contributed by atoms with Gasteiger partial charge in [0.15, 0.2) is 0 Å². The maximum atomic E-state index is 12.2. The van der Waals surface area contributed by atoms with Crippen LogP contribution in [0.25, 0.3) is 16.8 Å². The molecule has 112 valence electrons. The number of carbonyl (C=O) groups excluding carboxylic acids is 1. The van der Waals surface area contributed by atoms with Crippen molar-refractivity contribution in [3.8, 4) is 0 Å². The van der Waals surface area contributed by atoms with Crippen LogP contribution in [0.3, 0.4) is 0 Å². The molecular formula is C20H16N2O. The summed E-state index contributed by atoms with van der Waals surface area (Å²) in [5.41, 5.74) is 4.26. The minimum atomic E-state index is -0.217. The summed E-state index contributed by atoms with van der Waals surface area (Å²) in [5.74, 6) is -0.217. The van der Waals surface area contributed by atoms with Gasteiger partial charge in [0.05, 0.1) is 0 Å². The summed E-state index contributed by atoms with van der Waals surface area (Å²) in [4.78, 5) is 12.2. The van der Waals surface area contributed by atoms with Gasteiger partial charge in [0, 0.05) is 11.8 Å². The molecule has 0 radical (unpaired) electrons. The van der Waals surface area contributed by atoms with Crippen LogP contribution < -0.4 is 5.43 Å². The largest absolute Gasteiger partial charge is 0.271 e. The van der Waals surface area contributed by atoms with Gasteiger partial charge in [-0.2, -0.15) is 5.10 Å². The van der Waals surface area contributed by atoms with E-state index in [0.29, 0.717) is 5.56 Å². The highest BCUT2D eigenvalue weighted by atomic mass is 16.2. The normalized spacial score (nSPS) is 11.3. The molecule has 1 amide bonds. The molecular weight excluding hydrogens is 284 g/mol. The first kappa shape index (κ1) is 14.7. The number of benzene rings is 3. The molecule has 0 aliphatic carbocycles. The molecule has 0 heterocycles. The van der Waals surface area contributed by atoms with Crippen molar-refractivity contribution in [2.24, 2.45) is 5.10 Å². The number of carbonyl (C=O) groups is 1. The van der Waals surface area contributed by atoms with E-state index in [2.05, 4.69) is 10.5 Å². The summed E-state index contributed by atoms with van der Waals surface area (Å²) in [6.07, 6.45) is 5.28. The molecule has 3 aromatic carbocycles. The van der Waals surface area contributed by atoms with Crippen LogP contribution >= 0.6 is 0 Å². The lowest BCUT2D eigenvalue weighted by Gasteiger charge is -2.04. The number of hydrogen-bond donors (Lipinski definition) is 1. The van der Waals surface area contributed by atoms with Gasteiger partial charge in [0.1, 0.15) is 0 Å². The number of rotatable bonds is 4. The third-order valence-corrected chi connectivity index (χ3v) is 3.45. The van der Waals surface area contributed by atoms with E-state index in [0.717, 1.165) is 16.3 Å². The van der Waals surface area contributed by atoms with Crippen molar-refractivity contribution in [3.05, 3.63) is 90.0 Å². The second kappa shape index (κ2) is 7.18. The Hall–Kier alpha value is -3.20. The van der Waals surface area contributed by atoms with Gasteiger partial charge in [0.25, 0.3) is 5.91 Å². The van der Waals surface area contributed by atoms with E-state index in [4.69, 9.17) is 0 Å². The fourth-order valence-electron chi connectivity index (χ4n) is 2.34. The molecule has 0 unspecified atom stereocenters. The monoisotopic (exact) mass is 300 g/mol. The lowest BCUT2D eigenvalue weighted by molar-refractivity contribution is 0.0957. The van der Waals surface area contributed by atoms with Crippen LogP contribution in [0.2, 0.25) is 0 Å². The second-order valence-electron chi connectivity index (χ2n) is 5.02. The van der Waals surface area contributed by atoms with Crippen molar-refractivity contribution in [1.29, 1.82) is 0 Å². The molecule has 3 rings (SSSR count). The Labute approximate surface area is 135 Å². The molecule has 0 aromatic heterocycles. The van der Waals surface area contributed by atoms with Crippen molar-refractivity contribution in [3.63, 3.8) is 0 Å². The summed E-state index contributed by atoms with van der Waals surface area (Å²) in [7, 11) is 0. The van der Waals surface area contributed by atoms with E-state index in [1.807, 2.05) is 72.8 Å². The van der Waals surface area contributed by atoms with Gasteiger partial charge >= 0.3 is 0 Å². The van der Waals surface area contributed by atoms with E-state index < -0.39 is 0 Å². The summed E-state index contributed by atoms with van der Waals surface area (Å²) in [6.45, 7) is 0. The molecule has 0 spiro atoms. The Balaban J connectivity index is 1.67. The zero-order valence-electron chi connectivity index (χ0n) is 12.5. The highest BCUT2D eigenvalue weighted by molar-refractivity contribution is 6.07. The number of nitrogens with one attached hydrogen (secondary N) is 1. The van der Waals surface area contributed by atoms with E-state index in [-0.39, 0.29) is 5.91 Å². The lowest BCUT2D eigenvalue weighted by atomic mass is 10.0. The average Bonchev–Trinajstić information content (AvgIpc) is 2.61. The van der Waals surface area contributed by atoms with Gasteiger partial charge in [-0.1, -0.05) is 72.8 Å². The molecule has 1 N–H and O–H groups in total. The quantitative estimate of drug-likeness (QED) is 0.567. The van der Waals surface area contributed by atoms with Crippen molar-refractivity contribution in [2.75, 3.05) is 0 Å². The van der Waals surface area contributed by atoms with Crippen molar-refractivity contribution < 1.29 is 4.79 Å². The van der Waals surface area contributed by atoms with Crippen LogP contribution in [0.1, 0.15) is 15.9 Å². The van der Waals surface area contributed by atoms with Crippen LogP contribution in [-0.4, -0.2) is 12.1 Å². The molecule has 0 fully saturated rings. The van der Waals surface area contributed by atoms with Gasteiger partial charge in [0.2, 0.25) is 0 Å². The smallest absolute Gasteiger partial charge is 0.267 e. The zero-order valence-corrected chi connectivity index (χ0v) is 12.5. The molecule has 0 saturated carbocycles. The van der Waals surface area contributed by atoms with Gasteiger partial charge in [-0.3, -0.25) is 4.79 Å². The number of fused-ring (bicyclic) bond motifs is 1. The Morgan fingerprint density at radius 1 is 0.870 bits per heavy atom. The summed E-state index contributed by atoms with van der Waals surface area (Å²) < 4.78 is 0. The Kier molecular flexibility index (Phi) is 4.60. The predicted molar refractivity (Wildman–Crippen MR) is 95.4 cm³/mol. The number of hydrazone groups is 1. The first-order valence-corrected chi connectivity index (χ1v) is 7.37. The van der Waals surface area contributed by atoms with Crippen LogP contribution in [-0.2, 0) is 0 Å². The number of nitrogens with zero attached hydrogens (tertiary/aromatic N) is 1. The average molecular weight is 300 g/mol. The fraction of sp³-hybridized carbons (Fsp3) is 0. The first-order valence-electron chi connectivity index (χ1n) is 7.37. The summed E-state index contributed by atoms with van der Waals surface area (Å²) in [5, 5.41) is 5.91. The third-order valence-electron chi connectivity index (χ3n) is 3.45. The molecule has 3 heteroatoms. The topological polar surface area (TPSA) is 41.5 Å². The predicted octanol–water partition coefficient (Wildman–Crippen LogP) is 4.27. The highest BCUT2D eigenvalue weighted by Gasteiger charge is 2.07. The summed E-state index contributed by atoms with van der Waals surface area (Å²) >= 11 is 0. The van der Waals surface area contributed by atoms with Crippen LogP contribution in [0, 0.1) is 0 Å². The van der Waals surface area contributed by atoms with E-state index in [9.17, 15) is 4.79 Å².